The van der Waals surface area contributed by atoms with E-state index in [-0.39, 0.29) is 6.10 Å². The van der Waals surface area contributed by atoms with Gasteiger partial charge in [-0.15, -0.1) is 0 Å². The first kappa shape index (κ1) is 17.7. The fourth-order valence-corrected chi connectivity index (χ4v) is 3.54. The molecule has 0 atom stereocenters. The number of carbonyl (C=O) groups is 1. The third kappa shape index (κ3) is 3.45. The topological polar surface area (TPSA) is 81.3 Å². The number of carbonyl (C=O) groups excluding carboxylic acids is 1. The number of nitrogens with zero attached hydrogens (tertiary/aromatic N) is 3. The number of primary amides is 1. The molecule has 1 amide bonds. The van der Waals surface area contributed by atoms with Crippen LogP contribution in [-0.2, 0) is 4.74 Å². The van der Waals surface area contributed by atoms with Gasteiger partial charge in [-0.2, -0.15) is 0 Å². The average Bonchev–Trinajstić information content (AvgIpc) is 2.65. The molecule has 3 aromatic rings. The molecule has 6 nitrogen and oxygen atoms in total. The normalized spacial score (nSPS) is 14.6. The molecule has 0 bridgehead atoms. The van der Waals surface area contributed by atoms with Crippen molar-refractivity contribution in [1.29, 1.82) is 0 Å². The van der Waals surface area contributed by atoms with Crippen molar-refractivity contribution in [1.82, 2.24) is 9.97 Å². The number of amides is 1. The quantitative estimate of drug-likeness (QED) is 0.514. The van der Waals surface area contributed by atoms with E-state index in [0.717, 1.165) is 53.6 Å². The lowest BCUT2D eigenvalue weighted by molar-refractivity contribution is 0.0320. The summed E-state index contributed by atoms with van der Waals surface area (Å²) in [6.07, 6.45) is 7.43. The molecule has 1 aromatic carbocycles. The maximum absolute atomic E-state index is 11.5. The molecule has 0 aliphatic carbocycles. The van der Waals surface area contributed by atoms with Gasteiger partial charge >= 0.3 is 0 Å². The SMILES string of the molecule is CCCCCOC1CN(c2nc3cc(C(N)=O)ccc3c3cnccc23)C1. The molecule has 0 saturated carbocycles. The Morgan fingerprint density at radius 3 is 2.85 bits per heavy atom. The van der Waals surface area contributed by atoms with Crippen molar-refractivity contribution in [2.75, 3.05) is 24.6 Å². The summed E-state index contributed by atoms with van der Waals surface area (Å²) in [5.74, 6) is 0.464. The van der Waals surface area contributed by atoms with Crippen LogP contribution in [-0.4, -0.2) is 41.7 Å². The number of nitrogens with two attached hydrogens (primary N) is 1. The molecule has 0 radical (unpaired) electrons. The summed E-state index contributed by atoms with van der Waals surface area (Å²) in [5, 5.41) is 3.06. The molecule has 1 saturated heterocycles. The van der Waals surface area contributed by atoms with Gasteiger partial charge in [0.25, 0.3) is 0 Å². The smallest absolute Gasteiger partial charge is 0.248 e. The Labute approximate surface area is 158 Å². The van der Waals surface area contributed by atoms with Crippen molar-refractivity contribution < 1.29 is 9.53 Å². The molecule has 140 valence electrons. The van der Waals surface area contributed by atoms with Gasteiger partial charge in [0.05, 0.1) is 11.6 Å². The van der Waals surface area contributed by atoms with Crippen molar-refractivity contribution in [3.63, 3.8) is 0 Å². The minimum atomic E-state index is -0.448. The minimum absolute atomic E-state index is 0.258. The van der Waals surface area contributed by atoms with E-state index in [2.05, 4.69) is 16.8 Å². The maximum Gasteiger partial charge on any atom is 0.248 e. The van der Waals surface area contributed by atoms with Gasteiger partial charge in [-0.3, -0.25) is 9.78 Å². The highest BCUT2D eigenvalue weighted by atomic mass is 16.5. The van der Waals surface area contributed by atoms with Crippen molar-refractivity contribution in [3.05, 3.63) is 42.2 Å². The molecular formula is C21H24N4O2. The van der Waals surface area contributed by atoms with E-state index in [0.29, 0.717) is 5.56 Å². The molecule has 27 heavy (non-hydrogen) atoms. The average molecular weight is 364 g/mol. The molecule has 1 aliphatic rings. The summed E-state index contributed by atoms with van der Waals surface area (Å²) >= 11 is 0. The molecule has 0 spiro atoms. The van der Waals surface area contributed by atoms with Crippen molar-refractivity contribution in [2.45, 2.75) is 32.3 Å². The number of hydrogen-bond acceptors (Lipinski definition) is 5. The minimum Gasteiger partial charge on any atom is -0.375 e. The lowest BCUT2D eigenvalue weighted by atomic mass is 10.0. The Kier molecular flexibility index (Phi) is 4.90. The van der Waals surface area contributed by atoms with E-state index in [4.69, 9.17) is 15.5 Å². The van der Waals surface area contributed by atoms with Crippen LogP contribution in [0.4, 0.5) is 5.82 Å². The molecule has 1 fully saturated rings. The van der Waals surface area contributed by atoms with Crippen LogP contribution >= 0.6 is 0 Å². The lowest BCUT2D eigenvalue weighted by Gasteiger charge is -2.40. The first-order valence-corrected chi connectivity index (χ1v) is 9.51. The predicted molar refractivity (Wildman–Crippen MR) is 107 cm³/mol. The Morgan fingerprint density at radius 1 is 1.22 bits per heavy atom. The zero-order valence-electron chi connectivity index (χ0n) is 15.5. The zero-order valence-corrected chi connectivity index (χ0v) is 15.5. The summed E-state index contributed by atoms with van der Waals surface area (Å²) < 4.78 is 5.94. The van der Waals surface area contributed by atoms with Crippen molar-refractivity contribution in [2.24, 2.45) is 5.73 Å². The number of benzene rings is 1. The molecule has 6 heteroatoms. The Bertz CT molecular complexity index is 982. The van der Waals surface area contributed by atoms with Crippen LogP contribution in [0.2, 0.25) is 0 Å². The van der Waals surface area contributed by atoms with Gasteiger partial charge in [-0.05, 0) is 24.6 Å². The largest absolute Gasteiger partial charge is 0.375 e. The van der Waals surface area contributed by atoms with Crippen LogP contribution in [0.25, 0.3) is 21.7 Å². The highest BCUT2D eigenvalue weighted by molar-refractivity contribution is 6.11. The van der Waals surface area contributed by atoms with E-state index in [1.54, 1.807) is 18.3 Å². The third-order valence-electron chi connectivity index (χ3n) is 5.11. The van der Waals surface area contributed by atoms with Crippen LogP contribution in [0.15, 0.2) is 36.7 Å². The van der Waals surface area contributed by atoms with Gasteiger partial charge in [0.1, 0.15) is 5.82 Å². The van der Waals surface area contributed by atoms with Gasteiger partial charge in [-0.25, -0.2) is 4.98 Å². The van der Waals surface area contributed by atoms with E-state index in [1.807, 2.05) is 18.3 Å². The van der Waals surface area contributed by atoms with Crippen molar-refractivity contribution in [3.8, 4) is 0 Å². The first-order chi connectivity index (χ1) is 13.2. The molecular weight excluding hydrogens is 340 g/mol. The van der Waals surface area contributed by atoms with Crippen LogP contribution in [0.3, 0.4) is 0 Å². The van der Waals surface area contributed by atoms with Gasteiger partial charge in [0.15, 0.2) is 0 Å². The second-order valence-corrected chi connectivity index (χ2v) is 7.06. The molecule has 2 aromatic heterocycles. The number of fused-ring (bicyclic) bond motifs is 3. The number of hydrogen-bond donors (Lipinski definition) is 1. The predicted octanol–water partition coefficient (Wildman–Crippen LogP) is 3.28. The highest BCUT2D eigenvalue weighted by Gasteiger charge is 2.30. The Morgan fingerprint density at radius 2 is 2.07 bits per heavy atom. The lowest BCUT2D eigenvalue weighted by Crippen LogP contribution is -2.52. The number of aromatic nitrogens is 2. The second-order valence-electron chi connectivity index (χ2n) is 7.06. The van der Waals surface area contributed by atoms with Crippen LogP contribution in [0.1, 0.15) is 36.5 Å². The second kappa shape index (κ2) is 7.48. The number of anilines is 1. The fourth-order valence-electron chi connectivity index (χ4n) is 3.54. The zero-order chi connectivity index (χ0) is 18.8. The van der Waals surface area contributed by atoms with Gasteiger partial charge in [-0.1, -0.05) is 25.8 Å². The van der Waals surface area contributed by atoms with E-state index in [1.165, 1.54) is 12.8 Å². The van der Waals surface area contributed by atoms with Gasteiger partial charge in [0, 0.05) is 53.8 Å². The summed E-state index contributed by atoms with van der Waals surface area (Å²) in [6, 6.07) is 7.38. The van der Waals surface area contributed by atoms with E-state index in [9.17, 15) is 4.79 Å². The number of ether oxygens (including phenoxy) is 1. The van der Waals surface area contributed by atoms with E-state index < -0.39 is 5.91 Å². The van der Waals surface area contributed by atoms with Crippen molar-refractivity contribution >= 4 is 33.4 Å². The molecule has 2 N–H and O–H groups in total. The number of unbranched alkanes of at least 4 members (excludes halogenated alkanes) is 2. The highest BCUT2D eigenvalue weighted by Crippen LogP contribution is 2.33. The molecule has 4 rings (SSSR count). The molecule has 1 aliphatic heterocycles. The summed E-state index contributed by atoms with van der Waals surface area (Å²) in [4.78, 5) is 22.9. The Hall–Kier alpha value is -2.73. The fraction of sp³-hybridized carbons (Fsp3) is 0.381. The van der Waals surface area contributed by atoms with Crippen LogP contribution in [0, 0.1) is 0 Å². The molecule has 0 unspecified atom stereocenters. The molecule has 3 heterocycles. The standard InChI is InChI=1S/C21H24N4O2/c1-2-3-4-9-27-15-12-25(13-15)21-17-7-8-23-11-18(17)16-6-5-14(20(22)26)10-19(16)24-21/h5-8,10-11,15H,2-4,9,12-13H2,1H3,(H2,22,26). The Balaban J connectivity index is 1.63. The third-order valence-corrected chi connectivity index (χ3v) is 5.11. The van der Waals surface area contributed by atoms with Crippen LogP contribution in [0.5, 0.6) is 0 Å². The summed E-state index contributed by atoms with van der Waals surface area (Å²) in [5.41, 5.74) is 6.65. The maximum atomic E-state index is 11.5. The van der Waals surface area contributed by atoms with E-state index >= 15 is 0 Å². The van der Waals surface area contributed by atoms with Crippen LogP contribution < -0.4 is 10.6 Å². The number of rotatable bonds is 7. The van der Waals surface area contributed by atoms with Gasteiger partial charge in [0.2, 0.25) is 5.91 Å². The monoisotopic (exact) mass is 364 g/mol. The van der Waals surface area contributed by atoms with Gasteiger partial charge < -0.3 is 15.4 Å². The first-order valence-electron chi connectivity index (χ1n) is 9.51. The summed E-state index contributed by atoms with van der Waals surface area (Å²) in [6.45, 7) is 4.68. The number of pyridine rings is 2. The summed E-state index contributed by atoms with van der Waals surface area (Å²) in [7, 11) is 0.